The molecule has 1 heterocycles. The van der Waals surface area contributed by atoms with E-state index in [-0.39, 0.29) is 0 Å². The molecule has 0 spiro atoms. The lowest BCUT2D eigenvalue weighted by Gasteiger charge is -2.39. The van der Waals surface area contributed by atoms with E-state index in [9.17, 15) is 0 Å². The van der Waals surface area contributed by atoms with Crippen LogP contribution in [0.15, 0.2) is 0 Å². The summed E-state index contributed by atoms with van der Waals surface area (Å²) in [5.41, 5.74) is 0.943. The minimum atomic E-state index is 0.444. The van der Waals surface area contributed by atoms with Gasteiger partial charge >= 0.3 is 0 Å². The molecule has 0 aromatic heterocycles. The van der Waals surface area contributed by atoms with Crippen molar-refractivity contribution in [2.75, 3.05) is 0 Å². The van der Waals surface area contributed by atoms with Gasteiger partial charge in [-0.3, -0.25) is 0 Å². The lowest BCUT2D eigenvalue weighted by molar-refractivity contribution is -0.0526. The molecule has 3 aliphatic carbocycles. The third kappa shape index (κ3) is 1.98. The van der Waals surface area contributed by atoms with E-state index in [1.807, 2.05) is 0 Å². The van der Waals surface area contributed by atoms with Crippen LogP contribution in [0.25, 0.3) is 0 Å². The first-order chi connectivity index (χ1) is 10.0. The largest absolute Gasteiger partial charge is 0.373 e. The van der Waals surface area contributed by atoms with Crippen LogP contribution in [-0.2, 0) is 4.74 Å². The fourth-order valence-corrected chi connectivity index (χ4v) is 6.47. The van der Waals surface area contributed by atoms with Crippen LogP contribution in [0.2, 0.25) is 0 Å². The zero-order chi connectivity index (χ0) is 14.7. The molecule has 1 aliphatic heterocycles. The minimum absolute atomic E-state index is 0.444. The average Bonchev–Trinajstić information content (AvgIpc) is 2.96. The van der Waals surface area contributed by atoms with E-state index in [2.05, 4.69) is 20.8 Å². The molecule has 0 amide bonds. The van der Waals surface area contributed by atoms with E-state index in [1.165, 1.54) is 64.2 Å². The first-order valence-corrected chi connectivity index (χ1v) is 9.54. The standard InChI is InChI=1S/C20H33O/c1-19(2)16-11-12-20(19,3)18-15(16)13-17(21-18)14-9-7-5-4-6-8-10-14/h15-18H,4-13H2,1-3H3. The fraction of sp³-hybridized carbons (Fsp3) is 0.950. The SMILES string of the molecule is CC1(C)C2CCC1(C)C1OC([C]3CCCCCCC3)CC21. The van der Waals surface area contributed by atoms with Crippen LogP contribution in [0.5, 0.6) is 0 Å². The van der Waals surface area contributed by atoms with Gasteiger partial charge in [0.15, 0.2) is 0 Å². The van der Waals surface area contributed by atoms with Crippen molar-refractivity contribution in [3.05, 3.63) is 5.92 Å². The molecule has 1 heteroatoms. The van der Waals surface area contributed by atoms with Crippen LogP contribution >= 0.6 is 0 Å². The molecule has 4 fully saturated rings. The van der Waals surface area contributed by atoms with Gasteiger partial charge in [-0.05, 0) is 54.8 Å². The Morgan fingerprint density at radius 2 is 1.62 bits per heavy atom. The lowest BCUT2D eigenvalue weighted by atomic mass is 9.70. The molecule has 0 N–H and O–H groups in total. The second-order valence-electron chi connectivity index (χ2n) is 9.16. The third-order valence-corrected chi connectivity index (χ3v) is 8.16. The van der Waals surface area contributed by atoms with Crippen LogP contribution in [0.3, 0.4) is 0 Å². The van der Waals surface area contributed by atoms with Gasteiger partial charge in [0.1, 0.15) is 0 Å². The van der Waals surface area contributed by atoms with Crippen LogP contribution in [0.4, 0.5) is 0 Å². The Balaban J connectivity index is 1.49. The van der Waals surface area contributed by atoms with Gasteiger partial charge in [0.2, 0.25) is 0 Å². The zero-order valence-corrected chi connectivity index (χ0v) is 14.3. The molecule has 1 radical (unpaired) electrons. The highest BCUT2D eigenvalue weighted by atomic mass is 16.5. The van der Waals surface area contributed by atoms with Gasteiger partial charge in [-0.25, -0.2) is 0 Å². The van der Waals surface area contributed by atoms with Crippen LogP contribution < -0.4 is 0 Å². The molecule has 5 unspecified atom stereocenters. The quantitative estimate of drug-likeness (QED) is 0.616. The van der Waals surface area contributed by atoms with Crippen LogP contribution in [-0.4, -0.2) is 12.2 Å². The fourth-order valence-electron chi connectivity index (χ4n) is 6.47. The summed E-state index contributed by atoms with van der Waals surface area (Å²) in [5, 5.41) is 0. The zero-order valence-electron chi connectivity index (χ0n) is 14.3. The Hall–Kier alpha value is -0.0400. The van der Waals surface area contributed by atoms with Gasteiger partial charge in [0, 0.05) is 5.92 Å². The summed E-state index contributed by atoms with van der Waals surface area (Å²) in [6.45, 7) is 7.57. The normalized spacial score (nSPS) is 49.9. The predicted molar refractivity (Wildman–Crippen MR) is 86.9 cm³/mol. The molecule has 4 aliphatic rings. The smallest absolute Gasteiger partial charge is 0.0669 e. The van der Waals surface area contributed by atoms with Crippen molar-refractivity contribution in [2.45, 2.75) is 97.2 Å². The second-order valence-corrected chi connectivity index (χ2v) is 9.16. The van der Waals surface area contributed by atoms with Crippen molar-refractivity contribution < 1.29 is 4.74 Å². The summed E-state index contributed by atoms with van der Waals surface area (Å²) >= 11 is 0. The van der Waals surface area contributed by atoms with Gasteiger partial charge in [-0.1, -0.05) is 52.9 Å². The first kappa shape index (κ1) is 14.5. The van der Waals surface area contributed by atoms with Gasteiger partial charge in [0.05, 0.1) is 12.2 Å². The molecule has 1 saturated heterocycles. The minimum Gasteiger partial charge on any atom is -0.373 e. The Morgan fingerprint density at radius 3 is 2.29 bits per heavy atom. The van der Waals surface area contributed by atoms with Crippen molar-refractivity contribution in [1.29, 1.82) is 0 Å². The molecule has 119 valence electrons. The molecule has 1 nitrogen and oxygen atoms in total. The maximum atomic E-state index is 6.76. The highest BCUT2D eigenvalue weighted by Crippen LogP contribution is 2.71. The topological polar surface area (TPSA) is 9.23 Å². The Morgan fingerprint density at radius 1 is 0.952 bits per heavy atom. The van der Waals surface area contributed by atoms with Crippen LogP contribution in [0, 0.1) is 28.6 Å². The summed E-state index contributed by atoms with van der Waals surface area (Å²) in [6, 6.07) is 0. The summed E-state index contributed by atoms with van der Waals surface area (Å²) in [5.74, 6) is 3.57. The Labute approximate surface area is 131 Å². The highest BCUT2D eigenvalue weighted by molar-refractivity contribution is 5.19. The summed E-state index contributed by atoms with van der Waals surface area (Å²) in [4.78, 5) is 0. The molecule has 5 atom stereocenters. The molecule has 4 rings (SSSR count). The average molecular weight is 289 g/mol. The number of fused-ring (bicyclic) bond motifs is 5. The van der Waals surface area contributed by atoms with Gasteiger partial charge in [-0.15, -0.1) is 0 Å². The number of rotatable bonds is 1. The highest BCUT2D eigenvalue weighted by Gasteiger charge is 2.69. The maximum Gasteiger partial charge on any atom is 0.0669 e. The van der Waals surface area contributed by atoms with Crippen molar-refractivity contribution in [3.63, 3.8) is 0 Å². The van der Waals surface area contributed by atoms with E-state index < -0.39 is 0 Å². The van der Waals surface area contributed by atoms with Crippen molar-refractivity contribution in [2.24, 2.45) is 22.7 Å². The van der Waals surface area contributed by atoms with Crippen LogP contribution in [0.1, 0.15) is 85.0 Å². The molecule has 3 saturated carbocycles. The van der Waals surface area contributed by atoms with E-state index >= 15 is 0 Å². The Bertz CT molecular complexity index is 393. The van der Waals surface area contributed by atoms with Crippen molar-refractivity contribution in [3.8, 4) is 0 Å². The molecule has 0 aromatic rings. The Kier molecular flexibility index (Phi) is 3.45. The summed E-state index contributed by atoms with van der Waals surface area (Å²) in [6.07, 6.45) is 15.2. The number of ether oxygens (including phenoxy) is 1. The predicted octanol–water partition coefficient (Wildman–Crippen LogP) is 5.53. The van der Waals surface area contributed by atoms with E-state index in [0.29, 0.717) is 23.0 Å². The molecule has 21 heavy (non-hydrogen) atoms. The van der Waals surface area contributed by atoms with E-state index in [4.69, 9.17) is 4.74 Å². The third-order valence-electron chi connectivity index (χ3n) is 8.16. The summed E-state index contributed by atoms with van der Waals surface area (Å²) in [7, 11) is 0. The van der Waals surface area contributed by atoms with Gasteiger partial charge in [0.25, 0.3) is 0 Å². The number of hydrogen-bond donors (Lipinski definition) is 0. The molecule has 0 aromatic carbocycles. The monoisotopic (exact) mass is 289 g/mol. The maximum absolute atomic E-state index is 6.76. The second kappa shape index (κ2) is 4.98. The molecular weight excluding hydrogens is 256 g/mol. The van der Waals surface area contributed by atoms with Gasteiger partial charge in [-0.2, -0.15) is 0 Å². The lowest BCUT2D eigenvalue weighted by Crippen LogP contribution is -2.38. The van der Waals surface area contributed by atoms with Crippen molar-refractivity contribution in [1.82, 2.24) is 0 Å². The van der Waals surface area contributed by atoms with E-state index in [1.54, 1.807) is 5.92 Å². The van der Waals surface area contributed by atoms with Crippen molar-refractivity contribution >= 4 is 0 Å². The van der Waals surface area contributed by atoms with Gasteiger partial charge < -0.3 is 4.74 Å². The summed E-state index contributed by atoms with van der Waals surface area (Å²) < 4.78 is 6.76. The first-order valence-electron chi connectivity index (χ1n) is 9.54. The number of hydrogen-bond acceptors (Lipinski definition) is 1. The molecule has 2 bridgehead atoms. The van der Waals surface area contributed by atoms with E-state index in [0.717, 1.165) is 11.8 Å². The molecular formula is C20H33O.